The highest BCUT2D eigenvalue weighted by Crippen LogP contribution is 2.15. The van der Waals surface area contributed by atoms with Crippen molar-refractivity contribution in [2.45, 2.75) is 13.0 Å². The number of carbonyl (C=O) groups is 2. The number of rotatable bonds is 4. The Labute approximate surface area is 98.6 Å². The fourth-order valence-corrected chi connectivity index (χ4v) is 1.26. The zero-order chi connectivity index (χ0) is 13.0. The molecule has 6 nitrogen and oxygen atoms in total. The molecule has 6 heteroatoms. The number of amides is 2. The van der Waals surface area contributed by atoms with Gasteiger partial charge in [-0.05, 0) is 18.6 Å². The van der Waals surface area contributed by atoms with Gasteiger partial charge < -0.3 is 21.9 Å². The number of para-hydroxylation sites is 1. The van der Waals surface area contributed by atoms with Crippen LogP contribution in [0.15, 0.2) is 18.2 Å². The lowest BCUT2D eigenvalue weighted by Gasteiger charge is -2.11. The molecule has 1 aromatic carbocycles. The second kappa shape index (κ2) is 5.31. The van der Waals surface area contributed by atoms with E-state index in [9.17, 15) is 9.59 Å². The van der Waals surface area contributed by atoms with Crippen molar-refractivity contribution in [2.24, 2.45) is 5.73 Å². The molecule has 0 bridgehead atoms. The van der Waals surface area contributed by atoms with Crippen molar-refractivity contribution in [1.29, 1.82) is 0 Å². The van der Waals surface area contributed by atoms with E-state index in [1.54, 1.807) is 25.1 Å². The summed E-state index contributed by atoms with van der Waals surface area (Å²) in [7, 11) is 0. The van der Waals surface area contributed by atoms with Crippen molar-refractivity contribution in [3.8, 4) is 0 Å². The molecule has 0 saturated carbocycles. The highest BCUT2D eigenvalue weighted by molar-refractivity contribution is 5.99. The van der Waals surface area contributed by atoms with Gasteiger partial charge in [-0.2, -0.15) is 0 Å². The van der Waals surface area contributed by atoms with E-state index in [-0.39, 0.29) is 6.54 Å². The second-order valence-electron chi connectivity index (χ2n) is 3.66. The summed E-state index contributed by atoms with van der Waals surface area (Å²) >= 11 is 0. The number of benzene rings is 1. The van der Waals surface area contributed by atoms with Crippen LogP contribution in [-0.2, 0) is 4.79 Å². The van der Waals surface area contributed by atoms with E-state index in [4.69, 9.17) is 16.6 Å². The van der Waals surface area contributed by atoms with Crippen LogP contribution in [-0.4, -0.2) is 29.6 Å². The molecule has 0 aromatic heterocycles. The summed E-state index contributed by atoms with van der Waals surface area (Å²) in [6.45, 7) is 1.55. The molecular formula is C11H15N3O3. The normalized spacial score (nSPS) is 11.9. The van der Waals surface area contributed by atoms with Crippen molar-refractivity contribution in [2.75, 3.05) is 12.3 Å². The third kappa shape index (κ3) is 3.18. The Morgan fingerprint density at radius 2 is 2.12 bits per heavy atom. The van der Waals surface area contributed by atoms with E-state index in [0.717, 1.165) is 5.56 Å². The molecule has 0 saturated heterocycles. The molecule has 2 amide bonds. The van der Waals surface area contributed by atoms with Crippen LogP contribution in [0, 0.1) is 6.92 Å². The monoisotopic (exact) mass is 237 g/mol. The molecule has 0 spiro atoms. The van der Waals surface area contributed by atoms with Crippen LogP contribution in [0.2, 0.25) is 0 Å². The minimum absolute atomic E-state index is 0.235. The summed E-state index contributed by atoms with van der Waals surface area (Å²) in [6.07, 6.45) is -1.40. The van der Waals surface area contributed by atoms with Crippen LogP contribution < -0.4 is 16.8 Å². The molecule has 0 aliphatic rings. The third-order valence-electron chi connectivity index (χ3n) is 2.35. The number of carbonyl (C=O) groups excluding carboxylic acids is 2. The molecule has 1 aromatic rings. The number of hydrogen-bond donors (Lipinski definition) is 4. The molecule has 0 fully saturated rings. The Bertz CT molecular complexity index is 446. The number of nitrogen functional groups attached to an aromatic ring is 1. The Morgan fingerprint density at radius 3 is 2.71 bits per heavy atom. The summed E-state index contributed by atoms with van der Waals surface area (Å²) < 4.78 is 0. The maximum Gasteiger partial charge on any atom is 0.253 e. The van der Waals surface area contributed by atoms with Crippen LogP contribution in [0.4, 0.5) is 5.69 Å². The molecule has 17 heavy (non-hydrogen) atoms. The molecule has 0 heterocycles. The van der Waals surface area contributed by atoms with Gasteiger partial charge in [-0.25, -0.2) is 0 Å². The van der Waals surface area contributed by atoms with Gasteiger partial charge in [-0.15, -0.1) is 0 Å². The number of primary amides is 1. The van der Waals surface area contributed by atoms with Crippen molar-refractivity contribution >= 4 is 17.5 Å². The van der Waals surface area contributed by atoms with Crippen LogP contribution >= 0.6 is 0 Å². The smallest absolute Gasteiger partial charge is 0.253 e. The van der Waals surface area contributed by atoms with Crippen LogP contribution in [0.25, 0.3) is 0 Å². The van der Waals surface area contributed by atoms with Crippen molar-refractivity contribution < 1.29 is 14.7 Å². The Kier molecular flexibility index (Phi) is 4.06. The quantitative estimate of drug-likeness (QED) is 0.510. The average Bonchev–Trinajstić information content (AvgIpc) is 2.29. The van der Waals surface area contributed by atoms with Crippen molar-refractivity contribution in [1.82, 2.24) is 5.32 Å². The molecule has 1 rings (SSSR count). The Balaban J connectivity index is 2.71. The van der Waals surface area contributed by atoms with Crippen LogP contribution in [0.5, 0.6) is 0 Å². The number of aryl methyl sites for hydroxylation is 1. The van der Waals surface area contributed by atoms with E-state index in [1.165, 1.54) is 0 Å². The lowest BCUT2D eigenvalue weighted by atomic mass is 10.1. The van der Waals surface area contributed by atoms with Gasteiger partial charge in [0.2, 0.25) is 5.91 Å². The predicted molar refractivity (Wildman–Crippen MR) is 63.1 cm³/mol. The van der Waals surface area contributed by atoms with Crippen LogP contribution in [0.1, 0.15) is 15.9 Å². The number of nitrogens with one attached hydrogen (secondary N) is 1. The van der Waals surface area contributed by atoms with Gasteiger partial charge in [0.1, 0.15) is 6.10 Å². The first kappa shape index (κ1) is 13.0. The average molecular weight is 237 g/mol. The first-order valence-corrected chi connectivity index (χ1v) is 5.04. The van der Waals surface area contributed by atoms with E-state index < -0.39 is 17.9 Å². The summed E-state index contributed by atoms with van der Waals surface area (Å²) in [5.74, 6) is -1.34. The lowest BCUT2D eigenvalue weighted by Crippen LogP contribution is -2.40. The molecule has 6 N–H and O–H groups in total. The zero-order valence-corrected chi connectivity index (χ0v) is 9.43. The maximum atomic E-state index is 11.7. The molecule has 1 unspecified atom stereocenters. The highest BCUT2D eigenvalue weighted by atomic mass is 16.3. The molecule has 0 aliphatic heterocycles. The number of aliphatic hydroxyl groups is 1. The van der Waals surface area contributed by atoms with Crippen LogP contribution in [0.3, 0.4) is 0 Å². The summed E-state index contributed by atoms with van der Waals surface area (Å²) in [5.41, 5.74) is 12.1. The zero-order valence-electron chi connectivity index (χ0n) is 9.43. The molecule has 1 atom stereocenters. The van der Waals surface area contributed by atoms with E-state index in [0.29, 0.717) is 11.3 Å². The Morgan fingerprint density at radius 1 is 1.47 bits per heavy atom. The van der Waals surface area contributed by atoms with E-state index in [2.05, 4.69) is 5.32 Å². The molecule has 92 valence electrons. The summed E-state index contributed by atoms with van der Waals surface area (Å²) in [5, 5.41) is 11.5. The van der Waals surface area contributed by atoms with Gasteiger partial charge in [0.25, 0.3) is 5.91 Å². The summed E-state index contributed by atoms with van der Waals surface area (Å²) in [4.78, 5) is 22.3. The predicted octanol–water partition coefficient (Wildman–Crippen LogP) is -0.847. The molecule has 0 radical (unpaired) electrons. The van der Waals surface area contributed by atoms with Gasteiger partial charge in [-0.3, -0.25) is 9.59 Å². The standard InChI is InChI=1S/C11H15N3O3/c1-6-3-2-4-7(9(6)12)11(17)14-5-8(15)10(13)16/h2-4,8,15H,5,12H2,1H3,(H2,13,16)(H,14,17). The third-order valence-corrected chi connectivity index (χ3v) is 2.35. The maximum absolute atomic E-state index is 11.7. The van der Waals surface area contributed by atoms with E-state index in [1.807, 2.05) is 0 Å². The SMILES string of the molecule is Cc1cccc(C(=O)NCC(O)C(N)=O)c1N. The van der Waals surface area contributed by atoms with Gasteiger partial charge in [-0.1, -0.05) is 12.1 Å². The van der Waals surface area contributed by atoms with Gasteiger partial charge in [0.05, 0.1) is 12.1 Å². The minimum Gasteiger partial charge on any atom is -0.398 e. The topological polar surface area (TPSA) is 118 Å². The molecule has 0 aliphatic carbocycles. The van der Waals surface area contributed by atoms with Gasteiger partial charge in [0, 0.05) is 5.69 Å². The fourth-order valence-electron chi connectivity index (χ4n) is 1.26. The Hall–Kier alpha value is -2.08. The number of aliphatic hydroxyl groups excluding tert-OH is 1. The van der Waals surface area contributed by atoms with Crippen molar-refractivity contribution in [3.05, 3.63) is 29.3 Å². The second-order valence-corrected chi connectivity index (χ2v) is 3.66. The molecular weight excluding hydrogens is 222 g/mol. The largest absolute Gasteiger partial charge is 0.398 e. The minimum atomic E-state index is -1.40. The first-order valence-electron chi connectivity index (χ1n) is 5.04. The number of anilines is 1. The highest BCUT2D eigenvalue weighted by Gasteiger charge is 2.15. The van der Waals surface area contributed by atoms with E-state index >= 15 is 0 Å². The summed E-state index contributed by atoms with van der Waals surface area (Å²) in [6, 6.07) is 5.05. The van der Waals surface area contributed by atoms with Gasteiger partial charge in [0.15, 0.2) is 0 Å². The number of hydrogen-bond acceptors (Lipinski definition) is 4. The first-order chi connectivity index (χ1) is 7.93. The van der Waals surface area contributed by atoms with Gasteiger partial charge >= 0.3 is 0 Å². The lowest BCUT2D eigenvalue weighted by molar-refractivity contribution is -0.125. The number of nitrogens with two attached hydrogens (primary N) is 2. The van der Waals surface area contributed by atoms with Crippen molar-refractivity contribution in [3.63, 3.8) is 0 Å². The fraction of sp³-hybridized carbons (Fsp3) is 0.273.